The first-order chi connectivity index (χ1) is 25.3. The summed E-state index contributed by atoms with van der Waals surface area (Å²) < 4.78 is 0. The minimum Gasteiger partial charge on any atom is -0.310 e. The highest BCUT2D eigenvalue weighted by Gasteiger charge is 2.21. The van der Waals surface area contributed by atoms with Crippen LogP contribution in [0.2, 0.25) is 0 Å². The summed E-state index contributed by atoms with van der Waals surface area (Å²) in [7, 11) is 0. The summed E-state index contributed by atoms with van der Waals surface area (Å²) in [4.78, 5) is 2.39. The van der Waals surface area contributed by atoms with E-state index in [0.29, 0.717) is 0 Å². The number of hydrogen-bond acceptors (Lipinski definition) is 1. The maximum Gasteiger partial charge on any atom is 0.0468 e. The largest absolute Gasteiger partial charge is 0.310 e. The van der Waals surface area contributed by atoms with Crippen molar-refractivity contribution in [2.24, 2.45) is 0 Å². The lowest BCUT2D eigenvalue weighted by Gasteiger charge is -2.28. The van der Waals surface area contributed by atoms with Gasteiger partial charge in [0.2, 0.25) is 0 Å². The van der Waals surface area contributed by atoms with E-state index in [9.17, 15) is 0 Å². The van der Waals surface area contributed by atoms with Gasteiger partial charge < -0.3 is 4.90 Å². The Morgan fingerprint density at radius 1 is 0.235 bits per heavy atom. The molecule has 0 amide bonds. The standard InChI is InChI=1S/C50H35N/c1-6-18-36(19-7-1)43-32-30-41(34-47(43)37-20-8-2-9-21-37)51(40-26-14-5-15-27-40)42-31-33-46-48(35-42)44-28-16-17-29-45(44)49(38-22-10-3-11-23-38)50(46)39-24-12-4-13-25-39/h1-35H. The Morgan fingerprint density at radius 2 is 0.647 bits per heavy atom. The summed E-state index contributed by atoms with van der Waals surface area (Å²) in [5.41, 5.74) is 13.1. The number of para-hydroxylation sites is 1. The van der Waals surface area contributed by atoms with Crippen LogP contribution in [0.3, 0.4) is 0 Å². The van der Waals surface area contributed by atoms with Crippen LogP contribution in [0.1, 0.15) is 0 Å². The van der Waals surface area contributed by atoms with Crippen LogP contribution in [0.5, 0.6) is 0 Å². The van der Waals surface area contributed by atoms with Crippen molar-refractivity contribution in [3.8, 4) is 44.5 Å². The molecule has 1 heteroatoms. The number of rotatable bonds is 7. The lowest BCUT2D eigenvalue weighted by atomic mass is 9.85. The fourth-order valence-electron chi connectivity index (χ4n) is 7.55. The third-order valence-corrected chi connectivity index (χ3v) is 9.84. The molecule has 0 saturated carbocycles. The molecule has 9 rings (SSSR count). The van der Waals surface area contributed by atoms with E-state index in [-0.39, 0.29) is 0 Å². The van der Waals surface area contributed by atoms with E-state index in [1.165, 1.54) is 66.1 Å². The molecule has 9 aromatic carbocycles. The first-order valence-corrected chi connectivity index (χ1v) is 17.5. The van der Waals surface area contributed by atoms with Crippen molar-refractivity contribution in [3.05, 3.63) is 212 Å². The van der Waals surface area contributed by atoms with E-state index < -0.39 is 0 Å². The number of anilines is 3. The van der Waals surface area contributed by atoms with Gasteiger partial charge in [-0.25, -0.2) is 0 Å². The van der Waals surface area contributed by atoms with Crippen LogP contribution in [-0.4, -0.2) is 0 Å². The SMILES string of the molecule is c1ccc(-c2ccc(N(c3ccccc3)c3ccc4c(-c5ccccc5)c(-c5ccccc5)c5ccccc5c4c3)cc2-c2ccccc2)cc1. The quantitative estimate of drug-likeness (QED) is 0.155. The molecule has 0 bridgehead atoms. The highest BCUT2D eigenvalue weighted by atomic mass is 15.1. The molecule has 0 aromatic heterocycles. The van der Waals surface area contributed by atoms with E-state index in [1.807, 2.05) is 0 Å². The van der Waals surface area contributed by atoms with Gasteiger partial charge in [0.25, 0.3) is 0 Å². The van der Waals surface area contributed by atoms with Crippen molar-refractivity contribution in [1.82, 2.24) is 0 Å². The van der Waals surface area contributed by atoms with Gasteiger partial charge in [-0.2, -0.15) is 0 Å². The molecule has 0 radical (unpaired) electrons. The summed E-state index contributed by atoms with van der Waals surface area (Å²) in [5, 5.41) is 4.95. The monoisotopic (exact) mass is 649 g/mol. The van der Waals surface area contributed by atoms with Crippen LogP contribution < -0.4 is 4.90 Å². The second kappa shape index (κ2) is 13.3. The minimum atomic E-state index is 1.10. The number of nitrogens with zero attached hydrogens (tertiary/aromatic N) is 1. The molecule has 240 valence electrons. The average molecular weight is 650 g/mol. The zero-order valence-electron chi connectivity index (χ0n) is 28.2. The summed E-state index contributed by atoms with van der Waals surface area (Å²) in [6, 6.07) is 76.6. The van der Waals surface area contributed by atoms with Gasteiger partial charge in [-0.3, -0.25) is 0 Å². The smallest absolute Gasteiger partial charge is 0.0468 e. The summed E-state index contributed by atoms with van der Waals surface area (Å²) in [6.07, 6.45) is 0. The Bertz CT molecular complexity index is 2600. The van der Waals surface area contributed by atoms with E-state index in [0.717, 1.165) is 17.1 Å². The lowest BCUT2D eigenvalue weighted by Crippen LogP contribution is -2.10. The molecular formula is C50H35N. The molecular weight excluding hydrogens is 615 g/mol. The average Bonchev–Trinajstić information content (AvgIpc) is 3.22. The van der Waals surface area contributed by atoms with Gasteiger partial charge >= 0.3 is 0 Å². The van der Waals surface area contributed by atoms with Gasteiger partial charge in [-0.05, 0) is 102 Å². The lowest BCUT2D eigenvalue weighted by molar-refractivity contribution is 1.29. The Balaban J connectivity index is 1.31. The van der Waals surface area contributed by atoms with Crippen LogP contribution in [0.25, 0.3) is 66.1 Å². The topological polar surface area (TPSA) is 3.24 Å². The van der Waals surface area contributed by atoms with Crippen molar-refractivity contribution in [2.75, 3.05) is 4.90 Å². The van der Waals surface area contributed by atoms with Gasteiger partial charge in [0.15, 0.2) is 0 Å². The Labute approximate surface area is 299 Å². The minimum absolute atomic E-state index is 1.10. The molecule has 0 aliphatic heterocycles. The number of benzene rings is 9. The second-order valence-corrected chi connectivity index (χ2v) is 12.9. The van der Waals surface area contributed by atoms with E-state index in [4.69, 9.17) is 0 Å². The molecule has 0 unspecified atom stereocenters. The number of hydrogen-bond donors (Lipinski definition) is 0. The first kappa shape index (κ1) is 30.4. The molecule has 0 heterocycles. The van der Waals surface area contributed by atoms with Crippen molar-refractivity contribution >= 4 is 38.6 Å². The predicted molar refractivity (Wildman–Crippen MR) is 218 cm³/mol. The summed E-state index contributed by atoms with van der Waals surface area (Å²) in [5.74, 6) is 0. The second-order valence-electron chi connectivity index (χ2n) is 12.9. The summed E-state index contributed by atoms with van der Waals surface area (Å²) >= 11 is 0. The van der Waals surface area contributed by atoms with Crippen molar-refractivity contribution in [1.29, 1.82) is 0 Å². The fourth-order valence-corrected chi connectivity index (χ4v) is 7.55. The van der Waals surface area contributed by atoms with Crippen molar-refractivity contribution in [3.63, 3.8) is 0 Å². The molecule has 0 spiro atoms. The van der Waals surface area contributed by atoms with Gasteiger partial charge in [0.05, 0.1) is 0 Å². The van der Waals surface area contributed by atoms with Crippen LogP contribution in [0.4, 0.5) is 17.1 Å². The number of fused-ring (bicyclic) bond motifs is 3. The molecule has 0 aliphatic carbocycles. The normalized spacial score (nSPS) is 11.1. The molecule has 0 fully saturated rings. The van der Waals surface area contributed by atoms with Crippen LogP contribution in [0, 0.1) is 0 Å². The highest BCUT2D eigenvalue weighted by molar-refractivity contribution is 6.22. The first-order valence-electron chi connectivity index (χ1n) is 17.5. The van der Waals surface area contributed by atoms with Gasteiger partial charge in [0.1, 0.15) is 0 Å². The van der Waals surface area contributed by atoms with Crippen molar-refractivity contribution < 1.29 is 0 Å². The van der Waals surface area contributed by atoms with Crippen molar-refractivity contribution in [2.45, 2.75) is 0 Å². The maximum absolute atomic E-state index is 2.39. The molecule has 0 atom stereocenters. The van der Waals surface area contributed by atoms with Crippen LogP contribution in [-0.2, 0) is 0 Å². The van der Waals surface area contributed by atoms with Crippen LogP contribution >= 0.6 is 0 Å². The van der Waals surface area contributed by atoms with Gasteiger partial charge in [0, 0.05) is 17.1 Å². The molecule has 0 saturated heterocycles. The molecule has 1 nitrogen and oxygen atoms in total. The zero-order valence-corrected chi connectivity index (χ0v) is 28.2. The van der Waals surface area contributed by atoms with E-state index >= 15 is 0 Å². The zero-order chi connectivity index (χ0) is 34.0. The summed E-state index contributed by atoms with van der Waals surface area (Å²) in [6.45, 7) is 0. The fraction of sp³-hybridized carbons (Fsp3) is 0. The molecule has 0 aliphatic rings. The Kier molecular flexibility index (Phi) is 7.92. The molecule has 0 N–H and O–H groups in total. The van der Waals surface area contributed by atoms with Crippen LogP contribution in [0.15, 0.2) is 212 Å². The molecule has 9 aromatic rings. The highest BCUT2D eigenvalue weighted by Crippen LogP contribution is 2.47. The maximum atomic E-state index is 2.39. The van der Waals surface area contributed by atoms with Gasteiger partial charge in [-0.15, -0.1) is 0 Å². The van der Waals surface area contributed by atoms with E-state index in [2.05, 4.69) is 217 Å². The Hall–Kier alpha value is -6.70. The predicted octanol–water partition coefficient (Wildman–Crippen LogP) is 14.1. The van der Waals surface area contributed by atoms with E-state index in [1.54, 1.807) is 0 Å². The third kappa shape index (κ3) is 5.65. The molecule has 51 heavy (non-hydrogen) atoms. The Morgan fingerprint density at radius 3 is 1.22 bits per heavy atom. The third-order valence-electron chi connectivity index (χ3n) is 9.84. The van der Waals surface area contributed by atoms with Gasteiger partial charge in [-0.1, -0.05) is 176 Å².